The molecule has 0 aromatic rings. The van der Waals surface area contributed by atoms with Crippen LogP contribution in [0, 0.1) is 23.7 Å². The van der Waals surface area contributed by atoms with Gasteiger partial charge in [-0.15, -0.1) is 0 Å². The van der Waals surface area contributed by atoms with Crippen LogP contribution in [0.25, 0.3) is 0 Å². The van der Waals surface area contributed by atoms with E-state index in [1.807, 2.05) is 0 Å². The van der Waals surface area contributed by atoms with Gasteiger partial charge in [0.25, 0.3) is 0 Å². The summed E-state index contributed by atoms with van der Waals surface area (Å²) < 4.78 is 0. The monoisotopic (exact) mass is 121 g/mol. The zero-order valence-corrected chi connectivity index (χ0v) is 5.38. The van der Waals surface area contributed by atoms with E-state index in [2.05, 4.69) is 5.32 Å². The maximum Gasteiger partial charge on any atom is 0.0133 e. The van der Waals surface area contributed by atoms with Gasteiger partial charge in [-0.2, -0.15) is 0 Å². The van der Waals surface area contributed by atoms with Crippen LogP contribution in [-0.4, -0.2) is 12.1 Å². The Kier molecular flexibility index (Phi) is 0.387. The molecule has 1 heteroatoms. The minimum atomic E-state index is 1.01. The van der Waals surface area contributed by atoms with Crippen molar-refractivity contribution >= 4 is 0 Å². The molecular weight excluding hydrogens is 110 g/mol. The molecule has 4 fully saturated rings. The third-order valence-corrected chi connectivity index (χ3v) is 4.42. The molecule has 1 N–H and O–H groups in total. The summed E-state index contributed by atoms with van der Waals surface area (Å²) in [4.78, 5) is 0. The van der Waals surface area contributed by atoms with E-state index in [4.69, 9.17) is 0 Å². The summed E-state index contributed by atoms with van der Waals surface area (Å²) in [6.07, 6.45) is 3.17. The van der Waals surface area contributed by atoms with Crippen LogP contribution in [0.2, 0.25) is 0 Å². The van der Waals surface area contributed by atoms with Crippen LogP contribution < -0.4 is 5.32 Å². The van der Waals surface area contributed by atoms with Crippen molar-refractivity contribution in [2.24, 2.45) is 23.7 Å². The number of hydrogen-bond donors (Lipinski definition) is 1. The zero-order chi connectivity index (χ0) is 5.59. The Bertz CT molecular complexity index is 139. The highest BCUT2D eigenvalue weighted by Gasteiger charge is 2.70. The lowest BCUT2D eigenvalue weighted by atomic mass is 9.45. The van der Waals surface area contributed by atoms with Crippen LogP contribution >= 0.6 is 0 Å². The van der Waals surface area contributed by atoms with Crippen LogP contribution in [0.1, 0.15) is 12.8 Å². The molecule has 0 amide bonds. The standard InChI is InChI=1S/C8H11N/c1-3-5-2-6-4(1)7(3)9-8(5)6/h3-9H,1-2H2. The van der Waals surface area contributed by atoms with E-state index >= 15 is 0 Å². The predicted molar refractivity (Wildman–Crippen MR) is 33.9 cm³/mol. The van der Waals surface area contributed by atoms with Gasteiger partial charge < -0.3 is 5.32 Å². The average molecular weight is 121 g/mol. The van der Waals surface area contributed by atoms with E-state index in [-0.39, 0.29) is 0 Å². The van der Waals surface area contributed by atoms with E-state index < -0.39 is 0 Å². The molecule has 1 nitrogen and oxygen atoms in total. The van der Waals surface area contributed by atoms with Crippen LogP contribution in [0.15, 0.2) is 0 Å². The first-order valence-electron chi connectivity index (χ1n) is 4.21. The second-order valence-corrected chi connectivity index (χ2v) is 4.35. The molecule has 4 rings (SSSR count). The van der Waals surface area contributed by atoms with Gasteiger partial charge in [0.2, 0.25) is 0 Å². The van der Waals surface area contributed by atoms with Gasteiger partial charge in [0.15, 0.2) is 0 Å². The summed E-state index contributed by atoms with van der Waals surface area (Å²) in [5, 5.41) is 3.73. The number of fused-ring (bicyclic) bond motifs is 2. The Hall–Kier alpha value is -0.0400. The number of nitrogens with one attached hydrogen (secondary N) is 1. The quantitative estimate of drug-likeness (QED) is 0.495. The lowest BCUT2D eigenvalue weighted by Crippen LogP contribution is -2.58. The Labute approximate surface area is 54.8 Å². The molecule has 2 aliphatic heterocycles. The van der Waals surface area contributed by atoms with Crippen molar-refractivity contribution in [3.63, 3.8) is 0 Å². The number of hydrogen-bond acceptors (Lipinski definition) is 1. The maximum atomic E-state index is 3.73. The Morgan fingerprint density at radius 1 is 0.778 bits per heavy atom. The maximum absolute atomic E-state index is 3.73. The summed E-state index contributed by atoms with van der Waals surface area (Å²) >= 11 is 0. The molecule has 2 heterocycles. The molecule has 2 bridgehead atoms. The molecule has 9 heavy (non-hydrogen) atoms. The fourth-order valence-electron chi connectivity index (χ4n) is 3.94. The molecule has 0 radical (unpaired) electrons. The summed E-state index contributed by atoms with van der Waals surface area (Å²) in [6, 6.07) is 2.03. The normalized spacial score (nSPS) is 80.0. The lowest BCUT2D eigenvalue weighted by molar-refractivity contribution is -0.0610. The second-order valence-electron chi connectivity index (χ2n) is 4.35. The van der Waals surface area contributed by atoms with Gasteiger partial charge in [-0.05, 0) is 36.5 Å². The summed E-state index contributed by atoms with van der Waals surface area (Å²) in [5.74, 6) is 4.57. The van der Waals surface area contributed by atoms with Crippen molar-refractivity contribution in [2.45, 2.75) is 24.9 Å². The van der Waals surface area contributed by atoms with E-state index in [1.54, 1.807) is 12.8 Å². The van der Waals surface area contributed by atoms with Crippen molar-refractivity contribution in [3.8, 4) is 0 Å². The molecule has 4 aliphatic rings. The molecular formula is C8H11N. The van der Waals surface area contributed by atoms with E-state index in [0.717, 1.165) is 35.8 Å². The Balaban J connectivity index is 1.97. The van der Waals surface area contributed by atoms with Crippen LogP contribution in [-0.2, 0) is 0 Å². The first-order chi connectivity index (χ1) is 4.45. The molecule has 2 saturated heterocycles. The Morgan fingerprint density at radius 3 is 1.44 bits per heavy atom. The van der Waals surface area contributed by atoms with Crippen LogP contribution in [0.4, 0.5) is 0 Å². The van der Waals surface area contributed by atoms with Gasteiger partial charge in [-0.1, -0.05) is 0 Å². The summed E-state index contributed by atoms with van der Waals surface area (Å²) in [5.41, 5.74) is 0. The molecule has 2 aliphatic carbocycles. The molecule has 0 aromatic heterocycles. The topological polar surface area (TPSA) is 12.0 Å². The number of rotatable bonds is 0. The largest absolute Gasteiger partial charge is 0.310 e. The molecule has 48 valence electrons. The lowest BCUT2D eigenvalue weighted by Gasteiger charge is -2.58. The zero-order valence-electron chi connectivity index (χ0n) is 5.38. The van der Waals surface area contributed by atoms with Crippen molar-refractivity contribution in [1.82, 2.24) is 5.32 Å². The minimum absolute atomic E-state index is 1.01. The third kappa shape index (κ3) is 0.219. The molecule has 4 atom stereocenters. The van der Waals surface area contributed by atoms with Gasteiger partial charge in [0.05, 0.1) is 0 Å². The van der Waals surface area contributed by atoms with Gasteiger partial charge in [-0.3, -0.25) is 0 Å². The van der Waals surface area contributed by atoms with Crippen molar-refractivity contribution in [3.05, 3.63) is 0 Å². The summed E-state index contributed by atoms with van der Waals surface area (Å²) in [7, 11) is 0. The van der Waals surface area contributed by atoms with Gasteiger partial charge >= 0.3 is 0 Å². The SMILES string of the molecule is C1C2C3CC4C1C2NC34. The summed E-state index contributed by atoms with van der Waals surface area (Å²) in [6.45, 7) is 0. The molecule has 2 saturated carbocycles. The highest BCUT2D eigenvalue weighted by atomic mass is 15.1. The first-order valence-corrected chi connectivity index (χ1v) is 4.21. The average Bonchev–Trinajstić information content (AvgIpc) is 2.14. The van der Waals surface area contributed by atoms with Gasteiger partial charge in [0, 0.05) is 12.1 Å². The van der Waals surface area contributed by atoms with Crippen molar-refractivity contribution in [2.75, 3.05) is 0 Å². The highest BCUT2D eigenvalue weighted by Crippen LogP contribution is 2.67. The molecule has 0 aromatic carbocycles. The fraction of sp³-hybridized carbons (Fsp3) is 1.00. The van der Waals surface area contributed by atoms with Crippen LogP contribution in [0.5, 0.6) is 0 Å². The smallest absolute Gasteiger partial charge is 0.0133 e. The fourth-order valence-corrected chi connectivity index (χ4v) is 3.94. The van der Waals surface area contributed by atoms with Gasteiger partial charge in [0.1, 0.15) is 0 Å². The highest BCUT2D eigenvalue weighted by molar-refractivity contribution is 5.25. The van der Waals surface area contributed by atoms with Crippen molar-refractivity contribution < 1.29 is 0 Å². The second kappa shape index (κ2) is 0.878. The predicted octanol–water partition coefficient (Wildman–Crippen LogP) is 0.613. The third-order valence-electron chi connectivity index (χ3n) is 4.42. The van der Waals surface area contributed by atoms with Gasteiger partial charge in [-0.25, -0.2) is 0 Å². The van der Waals surface area contributed by atoms with Crippen LogP contribution in [0.3, 0.4) is 0 Å². The van der Waals surface area contributed by atoms with E-state index in [1.165, 1.54) is 0 Å². The first kappa shape index (κ1) is 3.97. The molecule has 0 spiro atoms. The van der Waals surface area contributed by atoms with Crippen molar-refractivity contribution in [1.29, 1.82) is 0 Å². The molecule has 4 unspecified atom stereocenters. The Morgan fingerprint density at radius 2 is 1.22 bits per heavy atom. The van der Waals surface area contributed by atoms with E-state index in [0.29, 0.717) is 0 Å². The van der Waals surface area contributed by atoms with E-state index in [9.17, 15) is 0 Å². The minimum Gasteiger partial charge on any atom is -0.310 e.